The number of carbonyl (C=O) groups excluding carboxylic acids is 2. The lowest BCUT2D eigenvalue weighted by Gasteiger charge is -2.15. The van der Waals surface area contributed by atoms with Gasteiger partial charge in [-0.1, -0.05) is 28.1 Å². The van der Waals surface area contributed by atoms with Gasteiger partial charge in [-0.3, -0.25) is 9.59 Å². The average Bonchev–Trinajstić information content (AvgIpc) is 2.54. The molecule has 24 heavy (non-hydrogen) atoms. The van der Waals surface area contributed by atoms with Gasteiger partial charge in [0.05, 0.1) is 6.04 Å². The first kappa shape index (κ1) is 18.0. The van der Waals surface area contributed by atoms with E-state index in [1.165, 1.54) is 6.92 Å². The lowest BCUT2D eigenvalue weighted by molar-refractivity contribution is -0.123. The van der Waals surface area contributed by atoms with Crippen molar-refractivity contribution >= 4 is 33.4 Å². The van der Waals surface area contributed by atoms with Gasteiger partial charge < -0.3 is 15.4 Å². The van der Waals surface area contributed by atoms with Gasteiger partial charge in [0.1, 0.15) is 5.75 Å². The fraction of sp³-hybridized carbons (Fsp3) is 0.222. The maximum absolute atomic E-state index is 12.0. The predicted octanol–water partition coefficient (Wildman–Crippen LogP) is 3.66. The van der Waals surface area contributed by atoms with Crippen molar-refractivity contribution in [3.63, 3.8) is 0 Å². The van der Waals surface area contributed by atoms with Gasteiger partial charge in [-0.25, -0.2) is 0 Å². The Hall–Kier alpha value is -2.34. The quantitative estimate of drug-likeness (QED) is 0.790. The molecule has 0 fully saturated rings. The van der Waals surface area contributed by atoms with E-state index in [0.29, 0.717) is 11.4 Å². The van der Waals surface area contributed by atoms with Crippen molar-refractivity contribution in [2.24, 2.45) is 0 Å². The lowest BCUT2D eigenvalue weighted by Crippen LogP contribution is -2.31. The Morgan fingerprint density at radius 1 is 1.08 bits per heavy atom. The molecule has 0 bridgehead atoms. The number of amides is 2. The van der Waals surface area contributed by atoms with Gasteiger partial charge in [-0.15, -0.1) is 0 Å². The summed E-state index contributed by atoms with van der Waals surface area (Å²) in [5, 5.41) is 5.56. The number of nitrogens with one attached hydrogen (secondary N) is 2. The molecule has 2 aromatic carbocycles. The van der Waals surface area contributed by atoms with Crippen LogP contribution in [-0.2, 0) is 9.59 Å². The second kappa shape index (κ2) is 8.49. The molecule has 0 aliphatic rings. The molecular weight excluding hydrogens is 372 g/mol. The van der Waals surface area contributed by atoms with Gasteiger partial charge in [0.25, 0.3) is 5.91 Å². The smallest absolute Gasteiger partial charge is 0.258 e. The standard InChI is InChI=1S/C18H19BrN2O3/c1-12(14-3-5-15(19)6-4-14)20-18(23)11-24-17-9-7-16(8-10-17)21-13(2)22/h3-10,12H,11H2,1-2H3,(H,20,23)(H,21,22). The third kappa shape index (κ3) is 5.70. The Labute approximate surface area is 149 Å². The normalized spacial score (nSPS) is 11.5. The van der Waals surface area contributed by atoms with Crippen LogP contribution in [0.15, 0.2) is 53.0 Å². The summed E-state index contributed by atoms with van der Waals surface area (Å²) in [5.74, 6) is 0.233. The average molecular weight is 391 g/mol. The van der Waals surface area contributed by atoms with E-state index in [1.807, 2.05) is 31.2 Å². The zero-order chi connectivity index (χ0) is 17.5. The second-order valence-corrected chi connectivity index (χ2v) is 6.25. The zero-order valence-electron chi connectivity index (χ0n) is 13.5. The summed E-state index contributed by atoms with van der Waals surface area (Å²) < 4.78 is 6.45. The molecule has 0 heterocycles. The number of halogens is 1. The molecule has 0 aliphatic heterocycles. The van der Waals surface area contributed by atoms with E-state index < -0.39 is 0 Å². The number of rotatable bonds is 6. The van der Waals surface area contributed by atoms with Gasteiger partial charge in [0.15, 0.2) is 6.61 Å². The van der Waals surface area contributed by atoms with E-state index in [1.54, 1.807) is 24.3 Å². The van der Waals surface area contributed by atoms with Crippen LogP contribution in [0.3, 0.4) is 0 Å². The van der Waals surface area contributed by atoms with Crippen LogP contribution in [0.5, 0.6) is 5.75 Å². The monoisotopic (exact) mass is 390 g/mol. The van der Waals surface area contributed by atoms with Gasteiger partial charge in [0, 0.05) is 17.1 Å². The number of carbonyl (C=O) groups is 2. The van der Waals surface area contributed by atoms with Crippen LogP contribution >= 0.6 is 15.9 Å². The SMILES string of the molecule is CC(=O)Nc1ccc(OCC(=O)NC(C)c2ccc(Br)cc2)cc1. The van der Waals surface area contributed by atoms with Crippen LogP contribution in [0.25, 0.3) is 0 Å². The molecule has 0 spiro atoms. The van der Waals surface area contributed by atoms with Gasteiger partial charge in [-0.05, 0) is 48.9 Å². The fourth-order valence-corrected chi connectivity index (χ4v) is 2.37. The highest BCUT2D eigenvalue weighted by Crippen LogP contribution is 2.17. The molecule has 6 heteroatoms. The van der Waals surface area contributed by atoms with Gasteiger partial charge in [0.2, 0.25) is 5.91 Å². The summed E-state index contributed by atoms with van der Waals surface area (Å²) in [6.45, 7) is 3.30. The van der Waals surface area contributed by atoms with Crippen LogP contribution in [0.2, 0.25) is 0 Å². The van der Waals surface area contributed by atoms with E-state index in [0.717, 1.165) is 10.0 Å². The molecule has 2 N–H and O–H groups in total. The van der Waals surface area contributed by atoms with Crippen molar-refractivity contribution in [3.8, 4) is 5.75 Å². The number of hydrogen-bond donors (Lipinski definition) is 2. The maximum Gasteiger partial charge on any atom is 0.258 e. The largest absolute Gasteiger partial charge is 0.484 e. The molecule has 2 rings (SSSR count). The van der Waals surface area contributed by atoms with Gasteiger partial charge in [-0.2, -0.15) is 0 Å². The van der Waals surface area contributed by atoms with Crippen LogP contribution in [0.1, 0.15) is 25.5 Å². The van der Waals surface area contributed by atoms with E-state index in [4.69, 9.17) is 4.74 Å². The van der Waals surface area contributed by atoms with Gasteiger partial charge >= 0.3 is 0 Å². The van der Waals surface area contributed by atoms with Crippen LogP contribution in [0, 0.1) is 0 Å². The highest BCUT2D eigenvalue weighted by atomic mass is 79.9. The lowest BCUT2D eigenvalue weighted by atomic mass is 10.1. The molecule has 0 aliphatic carbocycles. The van der Waals surface area contributed by atoms with Crippen LogP contribution < -0.4 is 15.4 Å². The molecule has 0 saturated carbocycles. The third-order valence-corrected chi connectivity index (χ3v) is 3.82. The van der Waals surface area contributed by atoms with E-state index in [-0.39, 0.29) is 24.5 Å². The molecule has 0 saturated heterocycles. The number of benzene rings is 2. The van der Waals surface area contributed by atoms with Crippen molar-refractivity contribution in [2.75, 3.05) is 11.9 Å². The van der Waals surface area contributed by atoms with E-state index in [2.05, 4.69) is 26.6 Å². The zero-order valence-corrected chi connectivity index (χ0v) is 15.1. The molecule has 5 nitrogen and oxygen atoms in total. The Balaban J connectivity index is 1.82. The molecule has 2 amide bonds. The molecule has 1 unspecified atom stereocenters. The third-order valence-electron chi connectivity index (χ3n) is 3.29. The minimum Gasteiger partial charge on any atom is -0.484 e. The predicted molar refractivity (Wildman–Crippen MR) is 96.9 cm³/mol. The summed E-state index contributed by atoms with van der Waals surface area (Å²) in [7, 11) is 0. The molecule has 0 aromatic heterocycles. The highest BCUT2D eigenvalue weighted by Gasteiger charge is 2.10. The molecule has 2 aromatic rings. The van der Waals surface area contributed by atoms with E-state index >= 15 is 0 Å². The molecule has 1 atom stereocenters. The molecule has 126 valence electrons. The Bertz CT molecular complexity index is 699. The minimum absolute atomic E-state index is 0.0691. The first-order chi connectivity index (χ1) is 11.4. The van der Waals surface area contributed by atoms with Crippen LogP contribution in [0.4, 0.5) is 5.69 Å². The number of ether oxygens (including phenoxy) is 1. The van der Waals surface area contributed by atoms with Crippen molar-refractivity contribution in [1.29, 1.82) is 0 Å². The summed E-state index contributed by atoms with van der Waals surface area (Å²) >= 11 is 3.38. The van der Waals surface area contributed by atoms with Crippen molar-refractivity contribution in [3.05, 3.63) is 58.6 Å². The first-order valence-corrected chi connectivity index (χ1v) is 8.28. The summed E-state index contributed by atoms with van der Waals surface area (Å²) in [6, 6.07) is 14.5. The first-order valence-electron chi connectivity index (χ1n) is 7.49. The maximum atomic E-state index is 12.0. The Kier molecular flexibility index (Phi) is 6.37. The molecular formula is C18H19BrN2O3. The van der Waals surface area contributed by atoms with Crippen molar-refractivity contribution in [2.45, 2.75) is 19.9 Å². The minimum atomic E-state index is -0.198. The summed E-state index contributed by atoms with van der Waals surface area (Å²) in [6.07, 6.45) is 0. The number of anilines is 1. The molecule has 0 radical (unpaired) electrons. The number of hydrogen-bond acceptors (Lipinski definition) is 3. The summed E-state index contributed by atoms with van der Waals surface area (Å²) in [5.41, 5.74) is 1.70. The highest BCUT2D eigenvalue weighted by molar-refractivity contribution is 9.10. The van der Waals surface area contributed by atoms with Crippen LogP contribution in [-0.4, -0.2) is 18.4 Å². The van der Waals surface area contributed by atoms with Crippen molar-refractivity contribution in [1.82, 2.24) is 5.32 Å². The van der Waals surface area contributed by atoms with Crippen molar-refractivity contribution < 1.29 is 14.3 Å². The second-order valence-electron chi connectivity index (χ2n) is 5.33. The van der Waals surface area contributed by atoms with E-state index in [9.17, 15) is 9.59 Å². The fourth-order valence-electron chi connectivity index (χ4n) is 2.10. The summed E-state index contributed by atoms with van der Waals surface area (Å²) in [4.78, 5) is 22.9. The Morgan fingerprint density at radius 3 is 2.29 bits per heavy atom. The topological polar surface area (TPSA) is 67.4 Å². The Morgan fingerprint density at radius 2 is 1.71 bits per heavy atom.